The Morgan fingerprint density at radius 1 is 1.06 bits per heavy atom. The van der Waals surface area contributed by atoms with Crippen molar-refractivity contribution in [1.82, 2.24) is 10.6 Å². The Balaban J connectivity index is 1.24. The predicted octanol–water partition coefficient (Wildman–Crippen LogP) is 1.88. The zero-order valence-electron chi connectivity index (χ0n) is 18.6. The van der Waals surface area contributed by atoms with Crippen molar-refractivity contribution in [2.24, 2.45) is 5.92 Å². The third kappa shape index (κ3) is 5.21. The van der Waals surface area contributed by atoms with Crippen molar-refractivity contribution in [2.45, 2.75) is 30.9 Å². The first-order valence-corrected chi connectivity index (χ1v) is 11.3. The Hall–Kier alpha value is -3.43. The largest absolute Gasteiger partial charge is 0.480 e. The van der Waals surface area contributed by atoms with Crippen LogP contribution in [0, 0.1) is 5.92 Å². The number of amides is 2. The number of carboxylic acid groups (broad SMARTS) is 1. The van der Waals surface area contributed by atoms with Crippen LogP contribution >= 0.6 is 0 Å². The molecule has 2 amide bonds. The van der Waals surface area contributed by atoms with Crippen molar-refractivity contribution in [3.63, 3.8) is 0 Å². The highest BCUT2D eigenvalue weighted by molar-refractivity contribution is 5.85. The lowest BCUT2D eigenvalue weighted by atomic mass is 9.98. The highest BCUT2D eigenvalue weighted by Crippen LogP contribution is 2.44. The molecule has 34 heavy (non-hydrogen) atoms. The molecule has 0 saturated carbocycles. The lowest BCUT2D eigenvalue weighted by molar-refractivity contribution is -0.142. The lowest BCUT2D eigenvalue weighted by Gasteiger charge is -2.16. The second-order valence-corrected chi connectivity index (χ2v) is 8.51. The van der Waals surface area contributed by atoms with E-state index in [2.05, 4.69) is 22.8 Å². The van der Waals surface area contributed by atoms with Gasteiger partial charge in [-0.1, -0.05) is 48.5 Å². The fourth-order valence-corrected chi connectivity index (χ4v) is 4.55. The number of ether oxygens (including phenoxy) is 2. The van der Waals surface area contributed by atoms with Crippen molar-refractivity contribution in [3.05, 3.63) is 59.7 Å². The summed E-state index contributed by atoms with van der Waals surface area (Å²) < 4.78 is 11.1. The van der Waals surface area contributed by atoms with Gasteiger partial charge < -0.3 is 30.3 Å². The molecule has 9 heteroatoms. The Morgan fingerprint density at radius 3 is 2.32 bits per heavy atom. The van der Waals surface area contributed by atoms with E-state index in [0.29, 0.717) is 6.42 Å². The molecular weight excluding hydrogens is 440 g/mol. The number of rotatable bonds is 9. The number of aliphatic hydroxyl groups is 1. The molecule has 180 valence electrons. The summed E-state index contributed by atoms with van der Waals surface area (Å²) in [4.78, 5) is 35.8. The molecule has 9 nitrogen and oxygen atoms in total. The molecule has 2 aromatic rings. The summed E-state index contributed by atoms with van der Waals surface area (Å²) in [7, 11) is 0. The van der Waals surface area contributed by atoms with Crippen LogP contribution in [0.4, 0.5) is 4.79 Å². The number of aliphatic hydroxyl groups excluding tert-OH is 1. The van der Waals surface area contributed by atoms with Gasteiger partial charge in [-0.3, -0.25) is 4.79 Å². The number of hydrogen-bond donors (Lipinski definition) is 4. The highest BCUT2D eigenvalue weighted by atomic mass is 16.5. The molecule has 1 aliphatic heterocycles. The lowest BCUT2D eigenvalue weighted by Crippen LogP contribution is -2.44. The van der Waals surface area contributed by atoms with Gasteiger partial charge in [-0.2, -0.15) is 0 Å². The normalized spacial score (nSPS) is 19.7. The van der Waals surface area contributed by atoms with E-state index >= 15 is 0 Å². The summed E-state index contributed by atoms with van der Waals surface area (Å²) >= 11 is 0. The van der Waals surface area contributed by atoms with Crippen molar-refractivity contribution >= 4 is 18.0 Å². The van der Waals surface area contributed by atoms with E-state index < -0.39 is 29.9 Å². The number of benzene rings is 2. The summed E-state index contributed by atoms with van der Waals surface area (Å²) in [5, 5.41) is 23.2. The number of carboxylic acids is 1. The number of carbonyl (C=O) groups is 3. The van der Waals surface area contributed by atoms with E-state index in [0.717, 1.165) is 22.3 Å². The molecule has 1 saturated heterocycles. The maximum atomic E-state index is 12.3. The van der Waals surface area contributed by atoms with Gasteiger partial charge in [-0.05, 0) is 28.7 Å². The van der Waals surface area contributed by atoms with E-state index in [1.54, 1.807) is 0 Å². The van der Waals surface area contributed by atoms with Gasteiger partial charge in [0.1, 0.15) is 12.6 Å². The average molecular weight is 469 g/mol. The molecule has 0 aromatic heterocycles. The smallest absolute Gasteiger partial charge is 0.407 e. The molecule has 1 aliphatic carbocycles. The zero-order chi connectivity index (χ0) is 24.1. The minimum absolute atomic E-state index is 0.0324. The van der Waals surface area contributed by atoms with Crippen LogP contribution in [0.25, 0.3) is 11.1 Å². The highest BCUT2D eigenvalue weighted by Gasteiger charge is 2.33. The van der Waals surface area contributed by atoms with Crippen molar-refractivity contribution in [3.8, 4) is 11.1 Å². The summed E-state index contributed by atoms with van der Waals surface area (Å²) in [6.45, 7) is 0.177. The van der Waals surface area contributed by atoms with E-state index in [9.17, 15) is 14.4 Å². The van der Waals surface area contributed by atoms with E-state index in [1.807, 2.05) is 36.4 Å². The van der Waals surface area contributed by atoms with Gasteiger partial charge in [0.25, 0.3) is 0 Å². The minimum atomic E-state index is -1.20. The van der Waals surface area contributed by atoms with Gasteiger partial charge in [-0.15, -0.1) is 0 Å². The maximum Gasteiger partial charge on any atom is 0.407 e. The van der Waals surface area contributed by atoms with Crippen molar-refractivity contribution < 1.29 is 34.1 Å². The zero-order valence-corrected chi connectivity index (χ0v) is 18.6. The van der Waals surface area contributed by atoms with E-state index in [4.69, 9.17) is 19.7 Å². The SMILES string of the molecule is O=C(NCC1CC(C(=O)NC(CCO)C(=O)O)CO1)OCC1c2ccccc2-c2ccccc21. The number of hydrogen-bond acceptors (Lipinski definition) is 6. The van der Waals surface area contributed by atoms with Gasteiger partial charge in [0.05, 0.1) is 18.6 Å². The van der Waals surface area contributed by atoms with E-state index in [1.165, 1.54) is 0 Å². The molecule has 1 fully saturated rings. The first kappa shape index (κ1) is 23.7. The first-order valence-electron chi connectivity index (χ1n) is 11.3. The van der Waals surface area contributed by atoms with Crippen LogP contribution in [0.15, 0.2) is 48.5 Å². The average Bonchev–Trinajstić information content (AvgIpc) is 3.44. The van der Waals surface area contributed by atoms with Gasteiger partial charge in [0.2, 0.25) is 5.91 Å². The molecule has 3 unspecified atom stereocenters. The molecule has 2 aliphatic rings. The van der Waals surface area contributed by atoms with Crippen LogP contribution in [-0.4, -0.2) is 66.7 Å². The molecule has 0 spiro atoms. The monoisotopic (exact) mass is 468 g/mol. The number of carbonyl (C=O) groups excluding carboxylic acids is 2. The van der Waals surface area contributed by atoms with Gasteiger partial charge in [0, 0.05) is 25.5 Å². The van der Waals surface area contributed by atoms with Crippen LogP contribution in [0.3, 0.4) is 0 Å². The van der Waals surface area contributed by atoms with Gasteiger partial charge in [-0.25, -0.2) is 9.59 Å². The van der Waals surface area contributed by atoms with Crippen molar-refractivity contribution in [2.75, 3.05) is 26.4 Å². The van der Waals surface area contributed by atoms with Crippen LogP contribution in [0.1, 0.15) is 29.9 Å². The Morgan fingerprint density at radius 2 is 1.71 bits per heavy atom. The summed E-state index contributed by atoms with van der Waals surface area (Å²) in [6, 6.07) is 15.0. The summed E-state index contributed by atoms with van der Waals surface area (Å²) in [6.07, 6.45) is -0.660. The molecule has 4 rings (SSSR count). The van der Waals surface area contributed by atoms with Crippen molar-refractivity contribution in [1.29, 1.82) is 0 Å². The molecule has 0 radical (unpaired) electrons. The Kier molecular flexibility index (Phi) is 7.44. The predicted molar refractivity (Wildman–Crippen MR) is 122 cm³/mol. The first-order chi connectivity index (χ1) is 16.5. The number of fused-ring (bicyclic) bond motifs is 3. The number of alkyl carbamates (subject to hydrolysis) is 1. The topological polar surface area (TPSA) is 134 Å². The molecule has 0 bridgehead atoms. The molecule has 3 atom stereocenters. The fourth-order valence-electron chi connectivity index (χ4n) is 4.55. The molecular formula is C25H28N2O7. The fraction of sp³-hybridized carbons (Fsp3) is 0.400. The number of nitrogens with one attached hydrogen (secondary N) is 2. The minimum Gasteiger partial charge on any atom is -0.480 e. The molecule has 1 heterocycles. The second-order valence-electron chi connectivity index (χ2n) is 8.51. The Bertz CT molecular complexity index is 1010. The van der Waals surface area contributed by atoms with Crippen LogP contribution in [0.5, 0.6) is 0 Å². The quantitative estimate of drug-likeness (QED) is 0.441. The second kappa shape index (κ2) is 10.7. The summed E-state index contributed by atoms with van der Waals surface area (Å²) in [5.41, 5.74) is 4.57. The number of aliphatic carboxylic acids is 1. The summed E-state index contributed by atoms with van der Waals surface area (Å²) in [5.74, 6) is -2.19. The third-order valence-corrected chi connectivity index (χ3v) is 6.30. The van der Waals surface area contributed by atoms with Crippen LogP contribution in [0.2, 0.25) is 0 Å². The maximum absolute atomic E-state index is 12.3. The van der Waals surface area contributed by atoms with Crippen LogP contribution < -0.4 is 10.6 Å². The van der Waals surface area contributed by atoms with Gasteiger partial charge >= 0.3 is 12.1 Å². The van der Waals surface area contributed by atoms with Gasteiger partial charge in [0.15, 0.2) is 0 Å². The van der Waals surface area contributed by atoms with Crippen LogP contribution in [-0.2, 0) is 19.1 Å². The molecule has 2 aromatic carbocycles. The van der Waals surface area contributed by atoms with E-state index in [-0.39, 0.29) is 44.8 Å². The standard InChI is InChI=1S/C25H28N2O7/c28-10-9-22(24(30)31)27-23(29)15-11-16(33-13-15)12-26-25(32)34-14-21-19-7-3-1-5-17(19)18-6-2-4-8-20(18)21/h1-8,15-16,21-22,28H,9-14H2,(H,26,32)(H,27,29)(H,30,31). The third-order valence-electron chi connectivity index (χ3n) is 6.30. The molecule has 4 N–H and O–H groups in total. The Labute approximate surface area is 197 Å².